The average Bonchev–Trinajstić information content (AvgIpc) is 2.69. The third-order valence-corrected chi connectivity index (χ3v) is 2.21. The van der Waals surface area contributed by atoms with Crippen LogP contribution in [0.2, 0.25) is 5.02 Å². The number of halogens is 1. The van der Waals surface area contributed by atoms with E-state index in [4.69, 9.17) is 11.6 Å². The largest absolute Gasteiger partial charge is 0.294 e. The van der Waals surface area contributed by atoms with Crippen molar-refractivity contribution in [1.29, 1.82) is 0 Å². The van der Waals surface area contributed by atoms with Crippen LogP contribution in [0.5, 0.6) is 0 Å². The quantitative estimate of drug-likeness (QED) is 0.730. The third kappa shape index (κ3) is 1.89. The van der Waals surface area contributed by atoms with Crippen molar-refractivity contribution in [2.75, 3.05) is 0 Å². The minimum atomic E-state index is -0.0426. The average molecular weight is 222 g/mol. The van der Waals surface area contributed by atoms with Gasteiger partial charge in [0.1, 0.15) is 0 Å². The smallest absolute Gasteiger partial charge is 0.162 e. The number of Topliss-reactive ketones (excluding diaryl/α,β-unsaturated/α-hetero) is 1. The molecule has 4 nitrogen and oxygen atoms in total. The molecule has 2 rings (SSSR count). The van der Waals surface area contributed by atoms with Crippen molar-refractivity contribution in [1.82, 2.24) is 15.0 Å². The van der Waals surface area contributed by atoms with Crippen LogP contribution in [0.1, 0.15) is 17.3 Å². The molecule has 0 atom stereocenters. The van der Waals surface area contributed by atoms with Crippen LogP contribution in [-0.4, -0.2) is 20.8 Å². The predicted molar refractivity (Wildman–Crippen MR) is 56.4 cm³/mol. The molecule has 0 saturated carbocycles. The number of hydrogen-bond donors (Lipinski definition) is 0. The van der Waals surface area contributed by atoms with Gasteiger partial charge in [-0.25, -0.2) is 0 Å². The molecule has 76 valence electrons. The summed E-state index contributed by atoms with van der Waals surface area (Å²) in [6.07, 6.45) is 3.09. The number of nitrogens with zero attached hydrogens (tertiary/aromatic N) is 3. The summed E-state index contributed by atoms with van der Waals surface area (Å²) in [5.74, 6) is -0.0426. The summed E-state index contributed by atoms with van der Waals surface area (Å²) in [4.78, 5) is 12.7. The van der Waals surface area contributed by atoms with E-state index in [0.717, 1.165) is 0 Å². The van der Waals surface area contributed by atoms with Gasteiger partial charge in [0.15, 0.2) is 5.78 Å². The standard InChI is InChI=1S/C10H8ClN3O/c1-7(15)9-3-2-8(11)6-10(9)14-12-4-5-13-14/h2-6H,1H3. The summed E-state index contributed by atoms with van der Waals surface area (Å²) < 4.78 is 0. The zero-order valence-corrected chi connectivity index (χ0v) is 8.77. The summed E-state index contributed by atoms with van der Waals surface area (Å²) in [6, 6.07) is 5.01. The fourth-order valence-corrected chi connectivity index (χ4v) is 1.47. The van der Waals surface area contributed by atoms with E-state index in [-0.39, 0.29) is 5.78 Å². The summed E-state index contributed by atoms with van der Waals surface area (Å²) in [5, 5.41) is 8.48. The molecule has 5 heteroatoms. The van der Waals surface area contributed by atoms with Gasteiger partial charge < -0.3 is 0 Å². The molecule has 0 fully saturated rings. The predicted octanol–water partition coefficient (Wildman–Crippen LogP) is 2.12. The van der Waals surface area contributed by atoms with E-state index in [9.17, 15) is 4.79 Å². The Hall–Kier alpha value is -1.68. The molecule has 0 N–H and O–H groups in total. The van der Waals surface area contributed by atoms with Gasteiger partial charge in [-0.05, 0) is 25.1 Å². The molecule has 0 spiro atoms. The van der Waals surface area contributed by atoms with Gasteiger partial charge in [0.2, 0.25) is 0 Å². The molecule has 0 unspecified atom stereocenters. The maximum Gasteiger partial charge on any atom is 0.162 e. The number of aromatic nitrogens is 3. The van der Waals surface area contributed by atoms with E-state index in [1.807, 2.05) is 0 Å². The first-order valence-electron chi connectivity index (χ1n) is 4.35. The van der Waals surface area contributed by atoms with Crippen LogP contribution < -0.4 is 0 Å². The van der Waals surface area contributed by atoms with Gasteiger partial charge in [-0.1, -0.05) is 11.6 Å². The number of carbonyl (C=O) groups is 1. The maximum atomic E-state index is 11.4. The van der Waals surface area contributed by atoms with Crippen molar-refractivity contribution < 1.29 is 4.79 Å². The molecular formula is C10H8ClN3O. The van der Waals surface area contributed by atoms with Crippen LogP contribution in [0.15, 0.2) is 30.6 Å². The topological polar surface area (TPSA) is 47.8 Å². The molecule has 1 aromatic carbocycles. The zero-order chi connectivity index (χ0) is 10.8. The van der Waals surface area contributed by atoms with Crippen molar-refractivity contribution >= 4 is 17.4 Å². The van der Waals surface area contributed by atoms with Gasteiger partial charge in [-0.2, -0.15) is 15.0 Å². The Morgan fingerprint density at radius 1 is 1.33 bits per heavy atom. The number of benzene rings is 1. The summed E-state index contributed by atoms with van der Waals surface area (Å²) >= 11 is 5.86. The molecule has 1 heterocycles. The van der Waals surface area contributed by atoms with Crippen molar-refractivity contribution in [3.05, 3.63) is 41.2 Å². The lowest BCUT2D eigenvalue weighted by molar-refractivity contribution is 0.101. The number of rotatable bonds is 2. The number of hydrogen-bond acceptors (Lipinski definition) is 3. The Bertz CT molecular complexity index is 493. The van der Waals surface area contributed by atoms with Crippen LogP contribution >= 0.6 is 11.6 Å². The first kappa shape index (κ1) is 9.86. The van der Waals surface area contributed by atoms with E-state index >= 15 is 0 Å². The molecule has 0 saturated heterocycles. The molecule has 0 aliphatic rings. The molecular weight excluding hydrogens is 214 g/mol. The van der Waals surface area contributed by atoms with E-state index in [1.54, 1.807) is 30.6 Å². The Morgan fingerprint density at radius 2 is 2.00 bits per heavy atom. The van der Waals surface area contributed by atoms with E-state index in [1.165, 1.54) is 11.7 Å². The van der Waals surface area contributed by atoms with Gasteiger partial charge in [-0.15, -0.1) is 0 Å². The second-order valence-corrected chi connectivity index (χ2v) is 3.47. The minimum absolute atomic E-state index is 0.0426. The van der Waals surface area contributed by atoms with Crippen LogP contribution in [0.25, 0.3) is 5.69 Å². The first-order valence-corrected chi connectivity index (χ1v) is 4.73. The van der Waals surface area contributed by atoms with Gasteiger partial charge in [0.05, 0.1) is 18.1 Å². The van der Waals surface area contributed by atoms with Gasteiger partial charge in [-0.3, -0.25) is 4.79 Å². The molecule has 0 bridgehead atoms. The third-order valence-electron chi connectivity index (χ3n) is 1.97. The SMILES string of the molecule is CC(=O)c1ccc(Cl)cc1-n1nccn1. The van der Waals surface area contributed by atoms with Crippen molar-refractivity contribution in [2.45, 2.75) is 6.92 Å². The molecule has 15 heavy (non-hydrogen) atoms. The monoisotopic (exact) mass is 221 g/mol. The summed E-state index contributed by atoms with van der Waals surface area (Å²) in [5.41, 5.74) is 1.15. The van der Waals surface area contributed by atoms with E-state index in [2.05, 4.69) is 10.2 Å². The van der Waals surface area contributed by atoms with E-state index in [0.29, 0.717) is 16.3 Å². The molecule has 0 aliphatic heterocycles. The molecule has 1 aromatic heterocycles. The highest BCUT2D eigenvalue weighted by molar-refractivity contribution is 6.31. The number of ketones is 1. The molecule has 0 amide bonds. The Kier molecular flexibility index (Phi) is 2.51. The van der Waals surface area contributed by atoms with Crippen LogP contribution in [-0.2, 0) is 0 Å². The van der Waals surface area contributed by atoms with Crippen molar-refractivity contribution in [2.24, 2.45) is 0 Å². The highest BCUT2D eigenvalue weighted by Gasteiger charge is 2.10. The molecule has 0 radical (unpaired) electrons. The lowest BCUT2D eigenvalue weighted by Crippen LogP contribution is -2.06. The second-order valence-electron chi connectivity index (χ2n) is 3.04. The van der Waals surface area contributed by atoms with Crippen LogP contribution in [0, 0.1) is 0 Å². The normalized spacial score (nSPS) is 10.3. The number of carbonyl (C=O) groups excluding carboxylic acids is 1. The first-order chi connectivity index (χ1) is 7.18. The van der Waals surface area contributed by atoms with E-state index < -0.39 is 0 Å². The Labute approximate surface area is 91.5 Å². The highest BCUT2D eigenvalue weighted by Crippen LogP contribution is 2.19. The van der Waals surface area contributed by atoms with Crippen molar-refractivity contribution in [3.63, 3.8) is 0 Å². The van der Waals surface area contributed by atoms with Crippen LogP contribution in [0.4, 0.5) is 0 Å². The van der Waals surface area contributed by atoms with Gasteiger partial charge in [0, 0.05) is 10.6 Å². The Morgan fingerprint density at radius 3 is 2.60 bits per heavy atom. The fraction of sp³-hybridized carbons (Fsp3) is 0.100. The fourth-order valence-electron chi connectivity index (χ4n) is 1.31. The van der Waals surface area contributed by atoms with Gasteiger partial charge >= 0.3 is 0 Å². The minimum Gasteiger partial charge on any atom is -0.294 e. The second kappa shape index (κ2) is 3.82. The molecule has 2 aromatic rings. The maximum absolute atomic E-state index is 11.4. The lowest BCUT2D eigenvalue weighted by atomic mass is 10.1. The van der Waals surface area contributed by atoms with Gasteiger partial charge in [0.25, 0.3) is 0 Å². The zero-order valence-electron chi connectivity index (χ0n) is 8.01. The lowest BCUT2D eigenvalue weighted by Gasteiger charge is -2.05. The highest BCUT2D eigenvalue weighted by atomic mass is 35.5. The van der Waals surface area contributed by atoms with Crippen LogP contribution in [0.3, 0.4) is 0 Å². The molecule has 0 aliphatic carbocycles. The summed E-state index contributed by atoms with van der Waals surface area (Å²) in [6.45, 7) is 1.50. The Balaban J connectivity index is 2.63. The van der Waals surface area contributed by atoms with Crippen molar-refractivity contribution in [3.8, 4) is 5.69 Å². The summed E-state index contributed by atoms with van der Waals surface area (Å²) in [7, 11) is 0.